The highest BCUT2D eigenvalue weighted by Gasteiger charge is 2.36. The van der Waals surface area contributed by atoms with Crippen molar-refractivity contribution in [2.75, 3.05) is 18.8 Å². The largest absolute Gasteiger partial charge is 0.368 e. The minimum Gasteiger partial charge on any atom is -0.368 e. The molecule has 9 nitrogen and oxygen atoms in total. The van der Waals surface area contributed by atoms with Gasteiger partial charge in [-0.3, -0.25) is 4.79 Å². The summed E-state index contributed by atoms with van der Waals surface area (Å²) in [6.07, 6.45) is 0. The monoisotopic (exact) mass is 500 g/mol. The first kappa shape index (κ1) is 22.6. The number of nitrogen functional groups attached to an aromatic ring is 1. The molecule has 0 aliphatic carbocycles. The highest BCUT2D eigenvalue weighted by Crippen LogP contribution is 2.34. The Labute approximate surface area is 208 Å². The van der Waals surface area contributed by atoms with E-state index in [0.29, 0.717) is 48.2 Å². The summed E-state index contributed by atoms with van der Waals surface area (Å²) in [5, 5.41) is 0.515. The van der Waals surface area contributed by atoms with Crippen LogP contribution in [0.1, 0.15) is 21.6 Å². The number of carbonyl (C=O) groups excluding carboxylic acids is 1. The molecule has 6 rings (SSSR count). The lowest BCUT2D eigenvalue weighted by Gasteiger charge is -2.36. The second-order valence-corrected chi connectivity index (χ2v) is 11.1. The predicted octanol–water partition coefficient (Wildman–Crippen LogP) is 2.37. The second-order valence-electron chi connectivity index (χ2n) is 9.17. The Bertz CT molecular complexity index is 1610. The lowest BCUT2D eigenvalue weighted by Crippen LogP contribution is -2.57. The number of anilines is 1. The van der Waals surface area contributed by atoms with E-state index in [1.807, 2.05) is 24.3 Å². The number of carbonyl (C=O) groups is 1. The first-order chi connectivity index (χ1) is 17.3. The first-order valence-corrected chi connectivity index (χ1v) is 13.0. The average Bonchev–Trinajstić information content (AvgIpc) is 3.30. The van der Waals surface area contributed by atoms with Gasteiger partial charge in [0.15, 0.2) is 0 Å². The standard InChI is InChI=1S/C26H24N6O3S/c27-19-14-32(15-19)36(34,35)23-8-4-3-7-20(23)16-9-10-22-21(11-16)24(30-26(28)29-22)25(33)31-12-17-5-1-2-6-18(17)13-31/h1-11,19H,12-15,27H2,(H2,28,29,30). The summed E-state index contributed by atoms with van der Waals surface area (Å²) >= 11 is 0. The van der Waals surface area contributed by atoms with Crippen LogP contribution in [0.2, 0.25) is 0 Å². The van der Waals surface area contributed by atoms with Crippen molar-refractivity contribution in [2.45, 2.75) is 24.0 Å². The number of amides is 1. The van der Waals surface area contributed by atoms with Gasteiger partial charge in [-0.25, -0.2) is 18.4 Å². The Morgan fingerprint density at radius 3 is 2.28 bits per heavy atom. The van der Waals surface area contributed by atoms with Gasteiger partial charge in [-0.2, -0.15) is 4.31 Å². The van der Waals surface area contributed by atoms with E-state index in [2.05, 4.69) is 9.97 Å². The van der Waals surface area contributed by atoms with Gasteiger partial charge in [0.05, 0.1) is 10.4 Å². The number of nitrogens with two attached hydrogens (primary N) is 2. The summed E-state index contributed by atoms with van der Waals surface area (Å²) in [6, 6.07) is 19.9. The summed E-state index contributed by atoms with van der Waals surface area (Å²) < 4.78 is 28.0. The maximum Gasteiger partial charge on any atom is 0.273 e. The van der Waals surface area contributed by atoms with Crippen molar-refractivity contribution in [3.05, 3.63) is 83.6 Å². The number of fused-ring (bicyclic) bond motifs is 2. The third-order valence-corrected chi connectivity index (χ3v) is 8.63. The van der Waals surface area contributed by atoms with Gasteiger partial charge in [0.2, 0.25) is 16.0 Å². The zero-order chi connectivity index (χ0) is 25.0. The fourth-order valence-corrected chi connectivity index (χ4v) is 6.61. The molecule has 0 spiro atoms. The summed E-state index contributed by atoms with van der Waals surface area (Å²) in [6.45, 7) is 1.55. The van der Waals surface area contributed by atoms with Gasteiger partial charge in [0.1, 0.15) is 5.69 Å². The molecule has 3 heterocycles. The van der Waals surface area contributed by atoms with Gasteiger partial charge < -0.3 is 16.4 Å². The molecule has 0 radical (unpaired) electrons. The number of rotatable bonds is 4. The first-order valence-electron chi connectivity index (χ1n) is 11.6. The molecule has 36 heavy (non-hydrogen) atoms. The fourth-order valence-electron chi connectivity index (χ4n) is 4.84. The van der Waals surface area contributed by atoms with Crippen LogP contribution in [0.15, 0.2) is 71.6 Å². The predicted molar refractivity (Wildman–Crippen MR) is 136 cm³/mol. The molecule has 0 unspecified atom stereocenters. The maximum atomic E-state index is 13.6. The molecule has 4 N–H and O–H groups in total. The minimum absolute atomic E-state index is 0.00686. The topological polar surface area (TPSA) is 136 Å². The van der Waals surface area contributed by atoms with Gasteiger partial charge in [0, 0.05) is 43.2 Å². The number of sulfonamides is 1. The zero-order valence-electron chi connectivity index (χ0n) is 19.3. The molecule has 182 valence electrons. The molecule has 0 atom stereocenters. The van der Waals surface area contributed by atoms with Crippen molar-refractivity contribution >= 4 is 32.8 Å². The second kappa shape index (κ2) is 8.37. The van der Waals surface area contributed by atoms with E-state index in [1.54, 1.807) is 47.4 Å². The molecular weight excluding hydrogens is 476 g/mol. The van der Waals surface area contributed by atoms with E-state index < -0.39 is 10.0 Å². The van der Waals surface area contributed by atoms with Crippen LogP contribution in [0.3, 0.4) is 0 Å². The van der Waals surface area contributed by atoms with Crippen molar-refractivity contribution in [3.63, 3.8) is 0 Å². The van der Waals surface area contributed by atoms with Gasteiger partial charge in [-0.05, 0) is 34.9 Å². The van der Waals surface area contributed by atoms with Crippen LogP contribution in [0.5, 0.6) is 0 Å². The molecule has 0 saturated carbocycles. The molecule has 1 amide bonds. The molecular formula is C26H24N6O3S. The van der Waals surface area contributed by atoms with Crippen molar-refractivity contribution in [3.8, 4) is 11.1 Å². The molecule has 3 aromatic carbocycles. The van der Waals surface area contributed by atoms with Gasteiger partial charge >= 0.3 is 0 Å². The smallest absolute Gasteiger partial charge is 0.273 e. The normalized spacial score (nSPS) is 16.2. The zero-order valence-corrected chi connectivity index (χ0v) is 20.1. The molecule has 10 heteroatoms. The van der Waals surface area contributed by atoms with Gasteiger partial charge in [0.25, 0.3) is 5.91 Å². The Morgan fingerprint density at radius 2 is 1.58 bits per heavy atom. The molecule has 1 saturated heterocycles. The lowest BCUT2D eigenvalue weighted by molar-refractivity contribution is 0.0747. The van der Waals surface area contributed by atoms with E-state index in [1.165, 1.54) is 4.31 Å². The van der Waals surface area contributed by atoms with Gasteiger partial charge in [-0.15, -0.1) is 0 Å². The molecule has 1 aromatic heterocycles. The maximum absolute atomic E-state index is 13.6. The van der Waals surface area contributed by atoms with Crippen LogP contribution in [0, 0.1) is 0 Å². The summed E-state index contributed by atoms with van der Waals surface area (Å²) in [7, 11) is -3.72. The third-order valence-electron chi connectivity index (χ3n) is 6.74. The van der Waals surface area contributed by atoms with Crippen LogP contribution in [0.4, 0.5) is 5.95 Å². The van der Waals surface area contributed by atoms with Crippen molar-refractivity contribution < 1.29 is 13.2 Å². The number of hydrogen-bond donors (Lipinski definition) is 2. The van der Waals surface area contributed by atoms with Crippen LogP contribution in [-0.2, 0) is 23.1 Å². The van der Waals surface area contributed by atoms with Crippen LogP contribution < -0.4 is 11.5 Å². The van der Waals surface area contributed by atoms with Crippen LogP contribution in [-0.4, -0.2) is 52.6 Å². The SMILES string of the molecule is Nc1nc(C(=O)N2Cc3ccccc3C2)c2cc(-c3ccccc3S(=O)(=O)N3CC(N)C3)ccc2n1. The van der Waals surface area contributed by atoms with Crippen LogP contribution >= 0.6 is 0 Å². The van der Waals surface area contributed by atoms with Gasteiger partial charge in [-0.1, -0.05) is 48.5 Å². The van der Waals surface area contributed by atoms with E-state index >= 15 is 0 Å². The Kier molecular flexibility index (Phi) is 5.25. The van der Waals surface area contributed by atoms with Crippen LogP contribution in [0.25, 0.3) is 22.0 Å². The van der Waals surface area contributed by atoms with Crippen molar-refractivity contribution in [1.29, 1.82) is 0 Å². The van der Waals surface area contributed by atoms with Crippen molar-refractivity contribution in [1.82, 2.24) is 19.2 Å². The minimum atomic E-state index is -3.72. The molecule has 2 aliphatic heterocycles. The van der Waals surface area contributed by atoms with E-state index in [0.717, 1.165) is 11.1 Å². The molecule has 1 fully saturated rings. The molecule has 0 bridgehead atoms. The third kappa shape index (κ3) is 3.70. The Morgan fingerprint density at radius 1 is 0.917 bits per heavy atom. The van der Waals surface area contributed by atoms with E-state index in [-0.39, 0.29) is 28.5 Å². The van der Waals surface area contributed by atoms with E-state index in [9.17, 15) is 13.2 Å². The molecule has 4 aromatic rings. The van der Waals surface area contributed by atoms with Crippen molar-refractivity contribution in [2.24, 2.45) is 5.73 Å². The Hall–Kier alpha value is -3.86. The lowest BCUT2D eigenvalue weighted by atomic mass is 10.0. The number of benzene rings is 3. The Balaban J connectivity index is 1.43. The molecule has 2 aliphatic rings. The average molecular weight is 501 g/mol. The highest BCUT2D eigenvalue weighted by molar-refractivity contribution is 7.89. The highest BCUT2D eigenvalue weighted by atomic mass is 32.2. The number of hydrogen-bond acceptors (Lipinski definition) is 7. The summed E-state index contributed by atoms with van der Waals surface area (Å²) in [5.74, 6) is -0.245. The number of nitrogens with zero attached hydrogens (tertiary/aromatic N) is 4. The fraction of sp³-hybridized carbons (Fsp3) is 0.192. The summed E-state index contributed by atoms with van der Waals surface area (Å²) in [5.41, 5.74) is 15.9. The van der Waals surface area contributed by atoms with E-state index in [4.69, 9.17) is 11.5 Å². The number of aromatic nitrogens is 2. The quantitative estimate of drug-likeness (QED) is 0.439. The summed E-state index contributed by atoms with van der Waals surface area (Å²) in [4.78, 5) is 24.1.